The van der Waals surface area contributed by atoms with Crippen LogP contribution in [0.4, 0.5) is 0 Å². The second-order valence-electron chi connectivity index (χ2n) is 3.49. The fourth-order valence-electron chi connectivity index (χ4n) is 1.38. The second kappa shape index (κ2) is 3.72. The largest absolute Gasteiger partial charge is 0.392 e. The van der Waals surface area contributed by atoms with E-state index in [4.69, 9.17) is 5.11 Å². The molecule has 1 saturated carbocycles. The van der Waals surface area contributed by atoms with Crippen molar-refractivity contribution in [1.82, 2.24) is 9.78 Å². The number of aliphatic hydroxyl groups is 1. The summed E-state index contributed by atoms with van der Waals surface area (Å²) in [5.41, 5.74) is 0.952. The summed E-state index contributed by atoms with van der Waals surface area (Å²) in [4.78, 5) is 0. The molecule has 0 amide bonds. The number of rotatable bonds is 4. The maximum atomic E-state index is 9.05. The molecule has 0 radical (unpaired) electrons. The zero-order chi connectivity index (χ0) is 9.26. The van der Waals surface area contributed by atoms with Gasteiger partial charge in [-0.1, -0.05) is 0 Å². The van der Waals surface area contributed by atoms with Crippen LogP contribution >= 0.6 is 11.8 Å². The summed E-state index contributed by atoms with van der Waals surface area (Å²) >= 11 is 1.60. The zero-order valence-electron chi connectivity index (χ0n) is 7.73. The SMILES string of the molecule is CSc1nn(CC2CC2)cc1CO. The summed E-state index contributed by atoms with van der Waals surface area (Å²) in [6.45, 7) is 1.12. The third-order valence-corrected chi connectivity index (χ3v) is 3.04. The molecule has 0 atom stereocenters. The van der Waals surface area contributed by atoms with E-state index in [0.29, 0.717) is 0 Å². The van der Waals surface area contributed by atoms with Gasteiger partial charge in [0.05, 0.1) is 6.61 Å². The molecule has 0 aromatic carbocycles. The Labute approximate surface area is 82.1 Å². The van der Waals surface area contributed by atoms with Crippen molar-refractivity contribution >= 4 is 11.8 Å². The molecular formula is C9H14N2OS. The molecule has 1 aromatic rings. The zero-order valence-corrected chi connectivity index (χ0v) is 8.55. The molecule has 0 aliphatic heterocycles. The van der Waals surface area contributed by atoms with Gasteiger partial charge in [0, 0.05) is 18.3 Å². The van der Waals surface area contributed by atoms with Crippen molar-refractivity contribution in [2.75, 3.05) is 6.26 Å². The minimum Gasteiger partial charge on any atom is -0.392 e. The van der Waals surface area contributed by atoms with E-state index in [1.54, 1.807) is 11.8 Å². The number of thioether (sulfide) groups is 1. The molecule has 1 aliphatic carbocycles. The second-order valence-corrected chi connectivity index (χ2v) is 4.28. The number of nitrogens with zero attached hydrogens (tertiary/aromatic N) is 2. The summed E-state index contributed by atoms with van der Waals surface area (Å²) < 4.78 is 1.97. The molecule has 2 rings (SSSR count). The van der Waals surface area contributed by atoms with Gasteiger partial charge >= 0.3 is 0 Å². The molecule has 0 bridgehead atoms. The molecule has 72 valence electrons. The van der Waals surface area contributed by atoms with Crippen LogP contribution in [0, 0.1) is 5.92 Å². The smallest absolute Gasteiger partial charge is 0.123 e. The van der Waals surface area contributed by atoms with Crippen LogP contribution < -0.4 is 0 Å². The number of hydrogen-bond donors (Lipinski definition) is 1. The van der Waals surface area contributed by atoms with Gasteiger partial charge in [0.1, 0.15) is 5.03 Å². The van der Waals surface area contributed by atoms with Crippen LogP contribution in [0.2, 0.25) is 0 Å². The van der Waals surface area contributed by atoms with E-state index in [0.717, 1.165) is 23.1 Å². The molecule has 1 fully saturated rings. The van der Waals surface area contributed by atoms with Crippen LogP contribution in [0.5, 0.6) is 0 Å². The van der Waals surface area contributed by atoms with Gasteiger partial charge in [-0.25, -0.2) is 0 Å². The van der Waals surface area contributed by atoms with E-state index in [1.165, 1.54) is 12.8 Å². The average molecular weight is 198 g/mol. The number of aromatic nitrogens is 2. The van der Waals surface area contributed by atoms with Gasteiger partial charge < -0.3 is 5.11 Å². The van der Waals surface area contributed by atoms with Crippen molar-refractivity contribution in [2.24, 2.45) is 5.92 Å². The van der Waals surface area contributed by atoms with Crippen LogP contribution in [0.1, 0.15) is 18.4 Å². The normalized spacial score (nSPS) is 16.5. The first kappa shape index (κ1) is 9.09. The standard InChI is InChI=1S/C9H14N2OS/c1-13-9-8(6-12)5-11(10-9)4-7-2-3-7/h5,7,12H,2-4,6H2,1H3. The fraction of sp³-hybridized carbons (Fsp3) is 0.667. The van der Waals surface area contributed by atoms with Crippen LogP contribution in [0.15, 0.2) is 11.2 Å². The Kier molecular flexibility index (Phi) is 2.60. The van der Waals surface area contributed by atoms with E-state index >= 15 is 0 Å². The molecule has 13 heavy (non-hydrogen) atoms. The maximum Gasteiger partial charge on any atom is 0.123 e. The Balaban J connectivity index is 2.11. The minimum atomic E-state index is 0.0981. The van der Waals surface area contributed by atoms with Crippen molar-refractivity contribution in [1.29, 1.82) is 0 Å². The van der Waals surface area contributed by atoms with E-state index < -0.39 is 0 Å². The van der Waals surface area contributed by atoms with Crippen molar-refractivity contribution in [3.8, 4) is 0 Å². The highest BCUT2D eigenvalue weighted by molar-refractivity contribution is 7.98. The highest BCUT2D eigenvalue weighted by Crippen LogP contribution is 2.31. The van der Waals surface area contributed by atoms with Gasteiger partial charge in [-0.3, -0.25) is 4.68 Å². The predicted octanol–water partition coefficient (Wildman–Crippen LogP) is 1.51. The van der Waals surface area contributed by atoms with E-state index in [2.05, 4.69) is 5.10 Å². The topological polar surface area (TPSA) is 38.0 Å². The first-order valence-electron chi connectivity index (χ1n) is 4.54. The van der Waals surface area contributed by atoms with Gasteiger partial charge in [0.2, 0.25) is 0 Å². The molecular weight excluding hydrogens is 184 g/mol. The highest BCUT2D eigenvalue weighted by Gasteiger charge is 2.22. The lowest BCUT2D eigenvalue weighted by Gasteiger charge is -1.96. The summed E-state index contributed by atoms with van der Waals surface area (Å²) in [5, 5.41) is 14.4. The molecule has 1 N–H and O–H groups in total. The summed E-state index contributed by atoms with van der Waals surface area (Å²) in [5.74, 6) is 0.834. The van der Waals surface area contributed by atoms with Crippen LogP contribution in [0.25, 0.3) is 0 Å². The molecule has 0 unspecified atom stereocenters. The highest BCUT2D eigenvalue weighted by atomic mass is 32.2. The Morgan fingerprint density at radius 2 is 2.46 bits per heavy atom. The molecule has 0 spiro atoms. The Morgan fingerprint density at radius 3 is 2.92 bits per heavy atom. The van der Waals surface area contributed by atoms with Crippen LogP contribution in [0.3, 0.4) is 0 Å². The molecule has 1 aliphatic rings. The van der Waals surface area contributed by atoms with Crippen molar-refractivity contribution in [3.63, 3.8) is 0 Å². The van der Waals surface area contributed by atoms with Gasteiger partial charge in [-0.05, 0) is 25.0 Å². The van der Waals surface area contributed by atoms with E-state index in [-0.39, 0.29) is 6.61 Å². The van der Waals surface area contributed by atoms with E-state index in [9.17, 15) is 0 Å². The Bertz CT molecular complexity index is 272. The number of aliphatic hydroxyl groups excluding tert-OH is 1. The average Bonchev–Trinajstić information content (AvgIpc) is 2.84. The van der Waals surface area contributed by atoms with Gasteiger partial charge in [-0.2, -0.15) is 5.10 Å². The lowest BCUT2D eigenvalue weighted by Crippen LogP contribution is -1.99. The molecule has 3 nitrogen and oxygen atoms in total. The maximum absolute atomic E-state index is 9.05. The molecule has 1 heterocycles. The predicted molar refractivity (Wildman–Crippen MR) is 52.7 cm³/mol. The van der Waals surface area contributed by atoms with Crippen LogP contribution in [-0.2, 0) is 13.2 Å². The molecule has 0 saturated heterocycles. The Hall–Kier alpha value is -0.480. The van der Waals surface area contributed by atoms with Gasteiger partial charge in [0.25, 0.3) is 0 Å². The van der Waals surface area contributed by atoms with Crippen LogP contribution in [-0.4, -0.2) is 21.1 Å². The lowest BCUT2D eigenvalue weighted by molar-refractivity contribution is 0.279. The summed E-state index contributed by atoms with van der Waals surface area (Å²) in [7, 11) is 0. The van der Waals surface area contributed by atoms with E-state index in [1.807, 2.05) is 17.1 Å². The quantitative estimate of drug-likeness (QED) is 0.745. The van der Waals surface area contributed by atoms with Gasteiger partial charge in [-0.15, -0.1) is 11.8 Å². The van der Waals surface area contributed by atoms with Crippen molar-refractivity contribution < 1.29 is 5.11 Å². The Morgan fingerprint density at radius 1 is 1.69 bits per heavy atom. The van der Waals surface area contributed by atoms with Crippen molar-refractivity contribution in [3.05, 3.63) is 11.8 Å². The third kappa shape index (κ3) is 2.06. The van der Waals surface area contributed by atoms with Gasteiger partial charge in [0.15, 0.2) is 0 Å². The van der Waals surface area contributed by atoms with Crippen molar-refractivity contribution in [2.45, 2.75) is 31.0 Å². The third-order valence-electron chi connectivity index (χ3n) is 2.30. The summed E-state index contributed by atoms with van der Waals surface area (Å²) in [6, 6.07) is 0. The number of hydrogen-bond acceptors (Lipinski definition) is 3. The first-order chi connectivity index (χ1) is 6.33. The first-order valence-corrected chi connectivity index (χ1v) is 5.77. The lowest BCUT2D eigenvalue weighted by atomic mass is 10.4. The monoisotopic (exact) mass is 198 g/mol. The molecule has 1 aromatic heterocycles. The minimum absolute atomic E-state index is 0.0981. The molecule has 4 heteroatoms. The fourth-order valence-corrected chi connectivity index (χ4v) is 1.95. The summed E-state index contributed by atoms with van der Waals surface area (Å²) in [6.07, 6.45) is 6.62.